The molecule has 1 aliphatic heterocycles. The number of hydrogen-bond acceptors (Lipinski definition) is 8. The van der Waals surface area contributed by atoms with Gasteiger partial charge >= 0.3 is 0 Å². The van der Waals surface area contributed by atoms with E-state index >= 15 is 0 Å². The third kappa shape index (κ3) is 5.10. The summed E-state index contributed by atoms with van der Waals surface area (Å²) in [6, 6.07) is 11.3. The zero-order valence-electron chi connectivity index (χ0n) is 19.9. The molecule has 2 heterocycles. The first-order valence-electron chi connectivity index (χ1n) is 11.0. The van der Waals surface area contributed by atoms with Crippen molar-refractivity contribution in [1.29, 1.82) is 0 Å². The number of carbonyl (C=O) groups is 1. The van der Waals surface area contributed by atoms with Gasteiger partial charge in [0.2, 0.25) is 5.75 Å². The Morgan fingerprint density at radius 1 is 0.912 bits per heavy atom. The molecule has 0 atom stereocenters. The van der Waals surface area contributed by atoms with Crippen molar-refractivity contribution in [2.24, 2.45) is 0 Å². The van der Waals surface area contributed by atoms with Crippen LogP contribution in [-0.4, -0.2) is 75.3 Å². The Labute approximate surface area is 203 Å². The van der Waals surface area contributed by atoms with Gasteiger partial charge in [0.25, 0.3) is 5.91 Å². The second kappa shape index (κ2) is 10.8. The molecule has 180 valence electrons. The van der Waals surface area contributed by atoms with Crippen LogP contribution in [0.1, 0.15) is 16.1 Å². The average Bonchev–Trinajstić information content (AvgIpc) is 3.36. The van der Waals surface area contributed by atoms with E-state index in [2.05, 4.69) is 10.3 Å². The number of carbonyl (C=O) groups excluding carboxylic acids is 1. The zero-order valence-corrected chi connectivity index (χ0v) is 20.7. The molecule has 8 nitrogen and oxygen atoms in total. The van der Waals surface area contributed by atoms with Crippen molar-refractivity contribution in [3.63, 3.8) is 0 Å². The summed E-state index contributed by atoms with van der Waals surface area (Å²) in [5.41, 5.74) is 2.64. The monoisotopic (exact) mass is 483 g/mol. The molecule has 9 heteroatoms. The van der Waals surface area contributed by atoms with Gasteiger partial charge in [0.1, 0.15) is 10.8 Å². The summed E-state index contributed by atoms with van der Waals surface area (Å²) >= 11 is 1.64. The Morgan fingerprint density at radius 3 is 2.12 bits per heavy atom. The molecule has 1 amide bonds. The Morgan fingerprint density at radius 2 is 1.56 bits per heavy atom. The molecule has 4 rings (SSSR count). The summed E-state index contributed by atoms with van der Waals surface area (Å²) in [5, 5.41) is 3.10. The molecular formula is C25H29N3O5S. The summed E-state index contributed by atoms with van der Waals surface area (Å²) in [4.78, 5) is 22.1. The van der Waals surface area contributed by atoms with Crippen LogP contribution in [0.2, 0.25) is 0 Å². The highest BCUT2D eigenvalue weighted by atomic mass is 32.1. The quantitative estimate of drug-likeness (QED) is 0.483. The van der Waals surface area contributed by atoms with Crippen LogP contribution in [0.4, 0.5) is 0 Å². The largest absolute Gasteiger partial charge is 0.497 e. The van der Waals surface area contributed by atoms with Gasteiger partial charge in [-0.1, -0.05) is 0 Å². The summed E-state index contributed by atoms with van der Waals surface area (Å²) in [5.74, 6) is 2.21. The van der Waals surface area contributed by atoms with Crippen molar-refractivity contribution in [3.8, 4) is 33.6 Å². The third-order valence-electron chi connectivity index (χ3n) is 5.85. The van der Waals surface area contributed by atoms with Gasteiger partial charge in [-0.3, -0.25) is 9.69 Å². The molecule has 2 aromatic carbocycles. The molecule has 1 aromatic heterocycles. The van der Waals surface area contributed by atoms with Crippen molar-refractivity contribution in [2.45, 2.75) is 6.54 Å². The molecule has 0 unspecified atom stereocenters. The summed E-state index contributed by atoms with van der Waals surface area (Å²) in [6.07, 6.45) is 0. The second-order valence-corrected chi connectivity index (χ2v) is 8.71. The number of piperazine rings is 1. The minimum atomic E-state index is -0.0469. The molecule has 0 saturated carbocycles. The number of thiazole rings is 1. The first-order valence-corrected chi connectivity index (χ1v) is 11.8. The molecule has 1 saturated heterocycles. The standard InChI is InChI=1S/C25H29N3O5S/c1-30-20-7-5-17(6-8-20)24-26-19(16-34-24)15-27-9-11-28(12-10-27)25(29)18-13-21(31-2)23(33-4)22(14-18)32-3/h5-8,13-14,16H,9-12,15H2,1-4H3. The number of nitrogens with zero attached hydrogens (tertiary/aromatic N) is 3. The van der Waals surface area contributed by atoms with E-state index < -0.39 is 0 Å². The van der Waals surface area contributed by atoms with Crippen LogP contribution in [-0.2, 0) is 6.54 Å². The summed E-state index contributed by atoms with van der Waals surface area (Å²) in [6.45, 7) is 3.62. The fourth-order valence-corrected chi connectivity index (χ4v) is 4.79. The first kappa shape index (κ1) is 23.8. The first-order chi connectivity index (χ1) is 16.6. The molecule has 3 aromatic rings. The van der Waals surface area contributed by atoms with Gasteiger partial charge < -0.3 is 23.8 Å². The SMILES string of the molecule is COc1ccc(-c2nc(CN3CCN(C(=O)c4cc(OC)c(OC)c(OC)c4)CC3)cs2)cc1. The maximum Gasteiger partial charge on any atom is 0.254 e. The van der Waals surface area contributed by atoms with E-state index in [1.54, 1.807) is 51.9 Å². The summed E-state index contributed by atoms with van der Waals surface area (Å²) in [7, 11) is 6.30. The Balaban J connectivity index is 1.36. The molecular weight excluding hydrogens is 454 g/mol. The number of rotatable bonds is 8. The van der Waals surface area contributed by atoms with Crippen molar-refractivity contribution < 1.29 is 23.7 Å². The number of hydrogen-bond donors (Lipinski definition) is 0. The van der Waals surface area contributed by atoms with Crippen molar-refractivity contribution in [1.82, 2.24) is 14.8 Å². The Bertz CT molecular complexity index is 1100. The van der Waals surface area contributed by atoms with Crippen molar-refractivity contribution in [3.05, 3.63) is 53.0 Å². The smallest absolute Gasteiger partial charge is 0.254 e. The van der Waals surface area contributed by atoms with Gasteiger partial charge in [0, 0.05) is 49.2 Å². The van der Waals surface area contributed by atoms with Gasteiger partial charge in [-0.05, 0) is 36.4 Å². The third-order valence-corrected chi connectivity index (χ3v) is 6.79. The molecule has 34 heavy (non-hydrogen) atoms. The van der Waals surface area contributed by atoms with E-state index in [1.807, 2.05) is 29.2 Å². The van der Waals surface area contributed by atoms with Crippen LogP contribution in [0.3, 0.4) is 0 Å². The fourth-order valence-electron chi connectivity index (χ4n) is 3.97. The molecule has 0 aliphatic carbocycles. The van der Waals surface area contributed by atoms with E-state index in [0.29, 0.717) is 35.9 Å². The number of methoxy groups -OCH3 is 4. The normalized spacial score (nSPS) is 14.1. The van der Waals surface area contributed by atoms with Crippen LogP contribution in [0.15, 0.2) is 41.8 Å². The predicted molar refractivity (Wildman–Crippen MR) is 131 cm³/mol. The highest BCUT2D eigenvalue weighted by molar-refractivity contribution is 7.13. The van der Waals surface area contributed by atoms with Crippen LogP contribution >= 0.6 is 11.3 Å². The molecule has 0 bridgehead atoms. The number of amides is 1. The topological polar surface area (TPSA) is 73.4 Å². The summed E-state index contributed by atoms with van der Waals surface area (Å²) < 4.78 is 21.4. The lowest BCUT2D eigenvalue weighted by Crippen LogP contribution is -2.48. The van der Waals surface area contributed by atoms with Gasteiger partial charge in [-0.15, -0.1) is 11.3 Å². The van der Waals surface area contributed by atoms with E-state index in [4.69, 9.17) is 23.9 Å². The van der Waals surface area contributed by atoms with E-state index in [0.717, 1.165) is 41.6 Å². The second-order valence-electron chi connectivity index (χ2n) is 7.85. The lowest BCUT2D eigenvalue weighted by Gasteiger charge is -2.34. The van der Waals surface area contributed by atoms with E-state index in [1.165, 1.54) is 0 Å². The number of benzene rings is 2. The maximum absolute atomic E-state index is 13.1. The van der Waals surface area contributed by atoms with E-state index in [9.17, 15) is 4.79 Å². The van der Waals surface area contributed by atoms with Gasteiger partial charge in [-0.25, -0.2) is 4.98 Å². The molecule has 1 aliphatic rings. The average molecular weight is 484 g/mol. The zero-order chi connectivity index (χ0) is 24.1. The number of ether oxygens (including phenoxy) is 4. The van der Waals surface area contributed by atoms with E-state index in [-0.39, 0.29) is 5.91 Å². The maximum atomic E-state index is 13.1. The van der Waals surface area contributed by atoms with Crippen molar-refractivity contribution >= 4 is 17.2 Å². The molecule has 0 N–H and O–H groups in total. The van der Waals surface area contributed by atoms with Gasteiger partial charge in [-0.2, -0.15) is 0 Å². The minimum Gasteiger partial charge on any atom is -0.497 e. The fraction of sp³-hybridized carbons (Fsp3) is 0.360. The molecule has 0 radical (unpaired) electrons. The van der Waals surface area contributed by atoms with Crippen LogP contribution in [0.5, 0.6) is 23.0 Å². The van der Waals surface area contributed by atoms with Crippen LogP contribution < -0.4 is 18.9 Å². The molecule has 1 fully saturated rings. The highest BCUT2D eigenvalue weighted by Gasteiger charge is 2.25. The Kier molecular flexibility index (Phi) is 7.54. The van der Waals surface area contributed by atoms with Crippen molar-refractivity contribution in [2.75, 3.05) is 54.6 Å². The van der Waals surface area contributed by atoms with Gasteiger partial charge in [0.15, 0.2) is 11.5 Å². The number of aromatic nitrogens is 1. The lowest BCUT2D eigenvalue weighted by molar-refractivity contribution is 0.0626. The minimum absolute atomic E-state index is 0.0469. The molecule has 0 spiro atoms. The Hall–Kier alpha value is -3.30. The van der Waals surface area contributed by atoms with Gasteiger partial charge in [0.05, 0.1) is 34.1 Å². The highest BCUT2D eigenvalue weighted by Crippen LogP contribution is 2.38. The predicted octanol–water partition coefficient (Wildman–Crippen LogP) is 3.80. The van der Waals surface area contributed by atoms with Crippen LogP contribution in [0.25, 0.3) is 10.6 Å². The van der Waals surface area contributed by atoms with Crippen LogP contribution in [0, 0.1) is 0 Å². The lowest BCUT2D eigenvalue weighted by atomic mass is 10.1.